The second kappa shape index (κ2) is 4.17. The van der Waals surface area contributed by atoms with E-state index in [2.05, 4.69) is 62.4 Å². The Balaban J connectivity index is 2.91. The first-order valence-electron chi connectivity index (χ1n) is 4.64. The van der Waals surface area contributed by atoms with E-state index in [-0.39, 0.29) is 0 Å². The first-order valence-corrected chi connectivity index (χ1v) is 4.64. The molecule has 1 N–H and O–H groups in total. The molecular weight excluding hydrogens is 160 g/mol. The molecule has 13 heavy (non-hydrogen) atoms. The highest BCUT2D eigenvalue weighted by atomic mass is 15.1. The van der Waals surface area contributed by atoms with Crippen molar-refractivity contribution in [3.8, 4) is 0 Å². The predicted molar refractivity (Wildman–Crippen MR) is 59.5 cm³/mol. The smallest absolute Gasteiger partial charge is 0.0596 e. The summed E-state index contributed by atoms with van der Waals surface area (Å²) in [7, 11) is 4.11. The van der Waals surface area contributed by atoms with E-state index >= 15 is 0 Å². The summed E-state index contributed by atoms with van der Waals surface area (Å²) in [6.45, 7) is 4.29. The topological polar surface area (TPSA) is 15.3 Å². The van der Waals surface area contributed by atoms with Crippen LogP contribution in [0.3, 0.4) is 0 Å². The SMILES string of the molecule is CC(C)Nc1ccccc1N(C)C. The van der Waals surface area contributed by atoms with Crippen LogP contribution in [0.4, 0.5) is 11.4 Å². The van der Waals surface area contributed by atoms with Gasteiger partial charge in [-0.2, -0.15) is 0 Å². The summed E-state index contributed by atoms with van der Waals surface area (Å²) in [6.07, 6.45) is 0. The lowest BCUT2D eigenvalue weighted by Gasteiger charge is -2.19. The van der Waals surface area contributed by atoms with E-state index in [1.54, 1.807) is 0 Å². The van der Waals surface area contributed by atoms with Gasteiger partial charge in [0.25, 0.3) is 0 Å². The highest BCUT2D eigenvalue weighted by molar-refractivity contribution is 5.69. The van der Waals surface area contributed by atoms with Crippen LogP contribution in [0.5, 0.6) is 0 Å². The maximum Gasteiger partial charge on any atom is 0.0596 e. The Kier molecular flexibility index (Phi) is 3.18. The van der Waals surface area contributed by atoms with Crippen molar-refractivity contribution in [1.82, 2.24) is 0 Å². The Bertz CT molecular complexity index is 267. The Labute approximate surface area is 80.6 Å². The molecule has 0 aliphatic heterocycles. The van der Waals surface area contributed by atoms with Crippen LogP contribution in [-0.4, -0.2) is 20.1 Å². The summed E-state index contributed by atoms with van der Waals surface area (Å²) in [5, 5.41) is 3.41. The fourth-order valence-corrected chi connectivity index (χ4v) is 1.30. The molecule has 0 unspecified atom stereocenters. The molecule has 1 rings (SSSR count). The van der Waals surface area contributed by atoms with Crippen molar-refractivity contribution in [1.29, 1.82) is 0 Å². The number of anilines is 2. The summed E-state index contributed by atoms with van der Waals surface area (Å²) in [5.41, 5.74) is 2.43. The highest BCUT2D eigenvalue weighted by Gasteiger charge is 2.03. The van der Waals surface area contributed by atoms with Crippen molar-refractivity contribution >= 4 is 11.4 Å². The molecule has 2 nitrogen and oxygen atoms in total. The third-order valence-electron chi connectivity index (χ3n) is 1.83. The van der Waals surface area contributed by atoms with Gasteiger partial charge >= 0.3 is 0 Å². The second-order valence-corrected chi connectivity index (χ2v) is 3.71. The maximum absolute atomic E-state index is 3.41. The second-order valence-electron chi connectivity index (χ2n) is 3.71. The minimum absolute atomic E-state index is 0.473. The molecule has 0 aliphatic rings. The summed E-state index contributed by atoms with van der Waals surface area (Å²) in [4.78, 5) is 2.12. The number of nitrogens with zero attached hydrogens (tertiary/aromatic N) is 1. The average molecular weight is 178 g/mol. The van der Waals surface area contributed by atoms with Crippen LogP contribution in [0, 0.1) is 0 Å². The Morgan fingerprint density at radius 2 is 1.77 bits per heavy atom. The van der Waals surface area contributed by atoms with E-state index in [9.17, 15) is 0 Å². The molecule has 0 fully saturated rings. The molecule has 0 aromatic heterocycles. The van der Waals surface area contributed by atoms with Crippen LogP contribution in [0.15, 0.2) is 24.3 Å². The molecular formula is C11H18N2. The van der Waals surface area contributed by atoms with Crippen LogP contribution < -0.4 is 10.2 Å². The van der Waals surface area contributed by atoms with E-state index in [1.807, 2.05) is 0 Å². The van der Waals surface area contributed by atoms with Gasteiger partial charge in [0.05, 0.1) is 11.4 Å². The van der Waals surface area contributed by atoms with Crippen LogP contribution in [0.25, 0.3) is 0 Å². The van der Waals surface area contributed by atoms with Crippen molar-refractivity contribution < 1.29 is 0 Å². The normalized spacial score (nSPS) is 10.2. The fourth-order valence-electron chi connectivity index (χ4n) is 1.30. The zero-order valence-corrected chi connectivity index (χ0v) is 8.83. The summed E-state index contributed by atoms with van der Waals surface area (Å²) >= 11 is 0. The molecule has 0 saturated heterocycles. The van der Waals surface area contributed by atoms with Gasteiger partial charge in [-0.3, -0.25) is 0 Å². The number of benzene rings is 1. The predicted octanol–water partition coefficient (Wildman–Crippen LogP) is 2.57. The Hall–Kier alpha value is -1.18. The van der Waals surface area contributed by atoms with Crippen molar-refractivity contribution in [2.45, 2.75) is 19.9 Å². The molecule has 0 saturated carbocycles. The van der Waals surface area contributed by atoms with E-state index in [0.717, 1.165) is 0 Å². The molecule has 0 aliphatic carbocycles. The monoisotopic (exact) mass is 178 g/mol. The van der Waals surface area contributed by atoms with E-state index in [0.29, 0.717) is 6.04 Å². The molecule has 0 heterocycles. The van der Waals surface area contributed by atoms with Crippen molar-refractivity contribution in [2.75, 3.05) is 24.3 Å². The minimum atomic E-state index is 0.473. The maximum atomic E-state index is 3.41. The number of nitrogens with one attached hydrogen (secondary N) is 1. The lowest BCUT2D eigenvalue weighted by Crippen LogP contribution is -2.15. The standard InChI is InChI=1S/C11H18N2/c1-9(2)12-10-7-5-6-8-11(10)13(3)4/h5-9,12H,1-4H3. The van der Waals surface area contributed by atoms with E-state index in [1.165, 1.54) is 11.4 Å². The summed E-state index contributed by atoms with van der Waals surface area (Å²) in [6, 6.07) is 8.81. The van der Waals surface area contributed by atoms with E-state index < -0.39 is 0 Å². The molecule has 1 aromatic rings. The number of hydrogen-bond acceptors (Lipinski definition) is 2. The van der Waals surface area contributed by atoms with Gasteiger partial charge < -0.3 is 10.2 Å². The van der Waals surface area contributed by atoms with Gasteiger partial charge in [0.15, 0.2) is 0 Å². The zero-order valence-electron chi connectivity index (χ0n) is 8.83. The van der Waals surface area contributed by atoms with Crippen LogP contribution in [0.1, 0.15) is 13.8 Å². The zero-order chi connectivity index (χ0) is 9.84. The van der Waals surface area contributed by atoms with Gasteiger partial charge in [-0.25, -0.2) is 0 Å². The van der Waals surface area contributed by atoms with Crippen LogP contribution in [0.2, 0.25) is 0 Å². The van der Waals surface area contributed by atoms with Crippen molar-refractivity contribution in [2.24, 2.45) is 0 Å². The Morgan fingerprint density at radius 1 is 1.15 bits per heavy atom. The van der Waals surface area contributed by atoms with Crippen molar-refractivity contribution in [3.63, 3.8) is 0 Å². The average Bonchev–Trinajstić information content (AvgIpc) is 2.03. The van der Waals surface area contributed by atoms with Gasteiger partial charge in [-0.05, 0) is 26.0 Å². The Morgan fingerprint density at radius 3 is 2.31 bits per heavy atom. The van der Waals surface area contributed by atoms with Crippen LogP contribution in [-0.2, 0) is 0 Å². The number of para-hydroxylation sites is 2. The lowest BCUT2D eigenvalue weighted by atomic mass is 10.2. The molecule has 1 aromatic carbocycles. The molecule has 0 radical (unpaired) electrons. The van der Waals surface area contributed by atoms with Gasteiger partial charge in [0.1, 0.15) is 0 Å². The lowest BCUT2D eigenvalue weighted by molar-refractivity contribution is 0.897. The van der Waals surface area contributed by atoms with Crippen molar-refractivity contribution in [3.05, 3.63) is 24.3 Å². The molecule has 2 heteroatoms. The van der Waals surface area contributed by atoms with Gasteiger partial charge in [-0.15, -0.1) is 0 Å². The summed E-state index contributed by atoms with van der Waals surface area (Å²) < 4.78 is 0. The molecule has 0 bridgehead atoms. The quantitative estimate of drug-likeness (QED) is 0.765. The molecule has 72 valence electrons. The minimum Gasteiger partial charge on any atom is -0.381 e. The first-order chi connectivity index (χ1) is 6.11. The third-order valence-corrected chi connectivity index (χ3v) is 1.83. The highest BCUT2D eigenvalue weighted by Crippen LogP contribution is 2.23. The summed E-state index contributed by atoms with van der Waals surface area (Å²) in [5.74, 6) is 0. The van der Waals surface area contributed by atoms with E-state index in [4.69, 9.17) is 0 Å². The number of rotatable bonds is 3. The van der Waals surface area contributed by atoms with Crippen LogP contribution >= 0.6 is 0 Å². The van der Waals surface area contributed by atoms with Gasteiger partial charge in [0, 0.05) is 20.1 Å². The number of hydrogen-bond donors (Lipinski definition) is 1. The molecule has 0 spiro atoms. The molecule has 0 amide bonds. The fraction of sp³-hybridized carbons (Fsp3) is 0.455. The molecule has 0 atom stereocenters. The van der Waals surface area contributed by atoms with Gasteiger partial charge in [-0.1, -0.05) is 12.1 Å². The largest absolute Gasteiger partial charge is 0.381 e. The van der Waals surface area contributed by atoms with Gasteiger partial charge in [0.2, 0.25) is 0 Å². The first kappa shape index (κ1) is 9.90. The third kappa shape index (κ3) is 2.65.